The second kappa shape index (κ2) is 10.0. The van der Waals surface area contributed by atoms with Crippen LogP contribution < -0.4 is 11.1 Å². The van der Waals surface area contributed by atoms with Crippen LogP contribution in [0.1, 0.15) is 24.8 Å². The summed E-state index contributed by atoms with van der Waals surface area (Å²) >= 11 is 0. The molecular formula is C20H32N4O2. The van der Waals surface area contributed by atoms with Crippen molar-refractivity contribution >= 4 is 5.91 Å². The molecule has 0 spiro atoms. The molecule has 0 saturated carbocycles. The zero-order chi connectivity index (χ0) is 18.2. The van der Waals surface area contributed by atoms with Crippen LogP contribution in [0.3, 0.4) is 0 Å². The van der Waals surface area contributed by atoms with E-state index in [1.807, 2.05) is 0 Å². The molecular weight excluding hydrogens is 328 g/mol. The summed E-state index contributed by atoms with van der Waals surface area (Å²) in [6.07, 6.45) is 2.42. The first kappa shape index (κ1) is 19.3. The maximum absolute atomic E-state index is 12.1. The van der Waals surface area contributed by atoms with Crippen LogP contribution in [0, 0.1) is 0 Å². The smallest absolute Gasteiger partial charge is 0.249 e. The maximum Gasteiger partial charge on any atom is 0.249 e. The number of nitrogens with two attached hydrogens (primary N) is 1. The minimum Gasteiger partial charge on any atom is -0.364 e. The van der Waals surface area contributed by atoms with E-state index in [0.717, 1.165) is 65.1 Å². The van der Waals surface area contributed by atoms with Crippen LogP contribution >= 0.6 is 0 Å². The second-order valence-corrected chi connectivity index (χ2v) is 7.31. The van der Waals surface area contributed by atoms with Gasteiger partial charge in [0.25, 0.3) is 0 Å². The van der Waals surface area contributed by atoms with Gasteiger partial charge in [0.2, 0.25) is 5.91 Å². The SMILES string of the molecule is NC[C@H]1CC[C@@H](C(=O)NCCCN2CCN(Cc3ccccc3)CC2)O1. The van der Waals surface area contributed by atoms with E-state index in [-0.39, 0.29) is 18.1 Å². The Bertz CT molecular complexity index is 546. The van der Waals surface area contributed by atoms with E-state index in [2.05, 4.69) is 45.4 Å². The molecule has 2 aliphatic rings. The third-order valence-electron chi connectivity index (χ3n) is 5.33. The van der Waals surface area contributed by atoms with E-state index in [0.29, 0.717) is 6.54 Å². The van der Waals surface area contributed by atoms with Gasteiger partial charge in [0.05, 0.1) is 6.10 Å². The topological polar surface area (TPSA) is 70.8 Å². The Hall–Kier alpha value is -1.47. The fourth-order valence-corrected chi connectivity index (χ4v) is 3.71. The molecule has 2 heterocycles. The molecule has 1 aromatic carbocycles. The van der Waals surface area contributed by atoms with Gasteiger partial charge in [-0.1, -0.05) is 30.3 Å². The van der Waals surface area contributed by atoms with Crippen LogP contribution in [-0.2, 0) is 16.1 Å². The van der Waals surface area contributed by atoms with E-state index >= 15 is 0 Å². The van der Waals surface area contributed by atoms with Gasteiger partial charge < -0.3 is 20.7 Å². The largest absolute Gasteiger partial charge is 0.364 e. The minimum absolute atomic E-state index is 0.0219. The van der Waals surface area contributed by atoms with E-state index in [1.165, 1.54) is 5.56 Å². The Morgan fingerprint density at radius 2 is 1.85 bits per heavy atom. The Morgan fingerprint density at radius 3 is 2.54 bits per heavy atom. The average molecular weight is 361 g/mol. The first-order chi connectivity index (χ1) is 12.7. The average Bonchev–Trinajstić information content (AvgIpc) is 3.17. The highest BCUT2D eigenvalue weighted by Gasteiger charge is 2.29. The fourth-order valence-electron chi connectivity index (χ4n) is 3.71. The van der Waals surface area contributed by atoms with Crippen LogP contribution in [0.4, 0.5) is 0 Å². The van der Waals surface area contributed by atoms with Crippen molar-refractivity contribution in [2.75, 3.05) is 45.8 Å². The van der Waals surface area contributed by atoms with Crippen molar-refractivity contribution in [2.45, 2.75) is 38.0 Å². The van der Waals surface area contributed by atoms with Gasteiger partial charge in [0.1, 0.15) is 6.10 Å². The quantitative estimate of drug-likeness (QED) is 0.672. The number of piperazine rings is 1. The van der Waals surface area contributed by atoms with Crippen molar-refractivity contribution < 1.29 is 9.53 Å². The number of ether oxygens (including phenoxy) is 1. The number of amides is 1. The summed E-state index contributed by atoms with van der Waals surface area (Å²) in [5.74, 6) is 0.0219. The van der Waals surface area contributed by atoms with E-state index in [1.54, 1.807) is 0 Å². The van der Waals surface area contributed by atoms with Gasteiger partial charge in [-0.25, -0.2) is 0 Å². The summed E-state index contributed by atoms with van der Waals surface area (Å²) in [6, 6.07) is 10.7. The van der Waals surface area contributed by atoms with Crippen LogP contribution in [0.2, 0.25) is 0 Å². The summed E-state index contributed by atoms with van der Waals surface area (Å²) in [7, 11) is 0. The second-order valence-electron chi connectivity index (χ2n) is 7.31. The predicted octanol–water partition coefficient (Wildman–Crippen LogP) is 0.817. The molecule has 2 fully saturated rings. The molecule has 3 rings (SSSR count). The Balaban J connectivity index is 1.26. The molecule has 0 aromatic heterocycles. The van der Waals surface area contributed by atoms with Gasteiger partial charge in [-0.2, -0.15) is 0 Å². The Kier molecular flexibility index (Phi) is 7.43. The van der Waals surface area contributed by atoms with Crippen LogP contribution in [-0.4, -0.2) is 73.7 Å². The first-order valence-corrected chi connectivity index (χ1v) is 9.86. The zero-order valence-electron chi connectivity index (χ0n) is 15.6. The van der Waals surface area contributed by atoms with E-state index in [4.69, 9.17) is 10.5 Å². The van der Waals surface area contributed by atoms with Crippen molar-refractivity contribution in [3.8, 4) is 0 Å². The van der Waals surface area contributed by atoms with Crippen molar-refractivity contribution in [1.82, 2.24) is 15.1 Å². The molecule has 0 radical (unpaired) electrons. The molecule has 0 bridgehead atoms. The summed E-state index contributed by atoms with van der Waals surface area (Å²) in [4.78, 5) is 17.1. The van der Waals surface area contributed by atoms with Gasteiger partial charge >= 0.3 is 0 Å². The number of carbonyl (C=O) groups is 1. The number of carbonyl (C=O) groups excluding carboxylic acids is 1. The maximum atomic E-state index is 12.1. The highest BCUT2D eigenvalue weighted by Crippen LogP contribution is 2.18. The fraction of sp³-hybridized carbons (Fsp3) is 0.650. The lowest BCUT2D eigenvalue weighted by Crippen LogP contribution is -2.46. The summed E-state index contributed by atoms with van der Waals surface area (Å²) in [5, 5.41) is 3.01. The van der Waals surface area contributed by atoms with Gasteiger partial charge in [0, 0.05) is 45.8 Å². The van der Waals surface area contributed by atoms with Crippen molar-refractivity contribution in [2.24, 2.45) is 5.73 Å². The highest BCUT2D eigenvalue weighted by atomic mass is 16.5. The lowest BCUT2D eigenvalue weighted by molar-refractivity contribution is -0.131. The number of benzene rings is 1. The standard InChI is InChI=1S/C20H32N4O2/c21-15-18-7-8-19(26-18)20(25)22-9-4-10-23-11-13-24(14-12-23)16-17-5-2-1-3-6-17/h1-3,5-6,18-19H,4,7-16,21H2,(H,22,25)/t18-,19+/m1/s1. The monoisotopic (exact) mass is 360 g/mol. The van der Waals surface area contributed by atoms with Gasteiger partial charge in [-0.3, -0.25) is 9.69 Å². The van der Waals surface area contributed by atoms with Gasteiger partial charge in [0.15, 0.2) is 0 Å². The highest BCUT2D eigenvalue weighted by molar-refractivity contribution is 5.80. The molecule has 0 unspecified atom stereocenters. The lowest BCUT2D eigenvalue weighted by Gasteiger charge is -2.34. The predicted molar refractivity (Wildman–Crippen MR) is 103 cm³/mol. The molecule has 26 heavy (non-hydrogen) atoms. The Labute approximate surface area is 156 Å². The van der Waals surface area contributed by atoms with Crippen LogP contribution in [0.15, 0.2) is 30.3 Å². The number of hydrogen-bond acceptors (Lipinski definition) is 5. The molecule has 2 atom stereocenters. The van der Waals surface area contributed by atoms with Gasteiger partial charge in [-0.15, -0.1) is 0 Å². The summed E-state index contributed by atoms with van der Waals surface area (Å²) in [5.41, 5.74) is 6.97. The third kappa shape index (κ3) is 5.77. The van der Waals surface area contributed by atoms with Crippen molar-refractivity contribution in [1.29, 1.82) is 0 Å². The number of hydrogen-bond donors (Lipinski definition) is 2. The normalized spacial score (nSPS) is 24.7. The van der Waals surface area contributed by atoms with Crippen molar-refractivity contribution in [3.63, 3.8) is 0 Å². The Morgan fingerprint density at radius 1 is 1.12 bits per heavy atom. The zero-order valence-corrected chi connectivity index (χ0v) is 15.6. The molecule has 0 aliphatic carbocycles. The molecule has 2 aliphatic heterocycles. The lowest BCUT2D eigenvalue weighted by atomic mass is 10.2. The molecule has 3 N–H and O–H groups in total. The first-order valence-electron chi connectivity index (χ1n) is 9.86. The molecule has 1 aromatic rings. The van der Waals surface area contributed by atoms with Crippen molar-refractivity contribution in [3.05, 3.63) is 35.9 Å². The van der Waals surface area contributed by atoms with E-state index < -0.39 is 0 Å². The third-order valence-corrected chi connectivity index (χ3v) is 5.33. The number of nitrogens with one attached hydrogen (secondary N) is 1. The molecule has 1 amide bonds. The molecule has 6 nitrogen and oxygen atoms in total. The summed E-state index contributed by atoms with van der Waals surface area (Å²) < 4.78 is 5.63. The minimum atomic E-state index is -0.301. The molecule has 144 valence electrons. The summed E-state index contributed by atoms with van der Waals surface area (Å²) in [6.45, 7) is 7.72. The molecule has 2 saturated heterocycles. The van der Waals surface area contributed by atoms with Crippen LogP contribution in [0.25, 0.3) is 0 Å². The van der Waals surface area contributed by atoms with E-state index in [9.17, 15) is 4.79 Å². The van der Waals surface area contributed by atoms with Crippen LogP contribution in [0.5, 0.6) is 0 Å². The number of nitrogens with zero attached hydrogens (tertiary/aromatic N) is 2. The number of rotatable bonds is 8. The molecule has 6 heteroatoms. The van der Waals surface area contributed by atoms with Gasteiger partial charge in [-0.05, 0) is 31.4 Å².